The zero-order valence-electron chi connectivity index (χ0n) is 14.0. The van der Waals surface area contributed by atoms with E-state index in [-0.39, 0.29) is 31.3 Å². The predicted molar refractivity (Wildman–Crippen MR) is 99.5 cm³/mol. The van der Waals surface area contributed by atoms with Crippen LogP contribution in [0.2, 0.25) is 0 Å². The number of ether oxygens (including phenoxy) is 2. The van der Waals surface area contributed by atoms with Crippen LogP contribution in [0.25, 0.3) is 10.4 Å². The lowest BCUT2D eigenvalue weighted by atomic mass is 10.1. The van der Waals surface area contributed by atoms with Gasteiger partial charge >= 0.3 is 0 Å². The van der Waals surface area contributed by atoms with Crippen LogP contribution in [0.4, 0.5) is 0 Å². The van der Waals surface area contributed by atoms with E-state index in [1.165, 1.54) is 11.3 Å². The van der Waals surface area contributed by atoms with Gasteiger partial charge in [0.1, 0.15) is 13.2 Å². The van der Waals surface area contributed by atoms with Crippen molar-refractivity contribution in [3.05, 3.63) is 35.2 Å². The molecular formula is C19H18N2O4S. The molecule has 7 heteroatoms. The van der Waals surface area contributed by atoms with Crippen molar-refractivity contribution in [3.8, 4) is 34.3 Å². The molecule has 2 amide bonds. The van der Waals surface area contributed by atoms with Gasteiger partial charge in [0.25, 0.3) is 5.91 Å². The molecule has 3 rings (SSSR count). The quantitative estimate of drug-likeness (QED) is 0.763. The molecule has 0 aliphatic carbocycles. The molecule has 0 bridgehead atoms. The lowest BCUT2D eigenvalue weighted by molar-refractivity contribution is -0.120. The summed E-state index contributed by atoms with van der Waals surface area (Å²) in [4.78, 5) is 25.2. The second-order valence-electron chi connectivity index (χ2n) is 5.51. The predicted octanol–water partition coefficient (Wildman–Crippen LogP) is 2.06. The SMILES string of the molecule is C#CCNC(=O)CCNC(=O)c1ccc(-c2ccc3c(c2)OCCO3)s1. The normalized spacial score (nSPS) is 12.1. The first-order chi connectivity index (χ1) is 12.7. The molecule has 0 unspecified atom stereocenters. The van der Waals surface area contributed by atoms with Crippen LogP contribution in [-0.4, -0.2) is 38.1 Å². The maximum atomic E-state index is 12.2. The minimum atomic E-state index is -0.205. The number of fused-ring (bicyclic) bond motifs is 1. The molecule has 0 fully saturated rings. The van der Waals surface area contributed by atoms with Crippen molar-refractivity contribution in [3.63, 3.8) is 0 Å². The molecule has 2 aromatic rings. The van der Waals surface area contributed by atoms with Gasteiger partial charge in [0.05, 0.1) is 11.4 Å². The number of carbonyl (C=O) groups excluding carboxylic acids is 2. The topological polar surface area (TPSA) is 76.7 Å². The van der Waals surface area contributed by atoms with Crippen molar-refractivity contribution in [2.24, 2.45) is 0 Å². The molecule has 134 valence electrons. The Bertz CT molecular complexity index is 853. The highest BCUT2D eigenvalue weighted by atomic mass is 32.1. The molecule has 0 radical (unpaired) electrons. The molecule has 26 heavy (non-hydrogen) atoms. The maximum Gasteiger partial charge on any atom is 0.261 e. The van der Waals surface area contributed by atoms with Gasteiger partial charge in [-0.25, -0.2) is 0 Å². The van der Waals surface area contributed by atoms with Crippen LogP contribution in [0, 0.1) is 12.3 Å². The monoisotopic (exact) mass is 370 g/mol. The highest BCUT2D eigenvalue weighted by Crippen LogP contribution is 2.36. The second-order valence-corrected chi connectivity index (χ2v) is 6.59. The van der Waals surface area contributed by atoms with E-state index in [1.54, 1.807) is 6.07 Å². The molecule has 1 aromatic heterocycles. The summed E-state index contributed by atoms with van der Waals surface area (Å²) >= 11 is 1.38. The van der Waals surface area contributed by atoms with Crippen LogP contribution in [0.15, 0.2) is 30.3 Å². The first-order valence-electron chi connectivity index (χ1n) is 8.15. The number of hydrogen-bond donors (Lipinski definition) is 2. The molecular weight excluding hydrogens is 352 g/mol. The lowest BCUT2D eigenvalue weighted by Crippen LogP contribution is -2.30. The number of thiophene rings is 1. The number of nitrogens with one attached hydrogen (secondary N) is 2. The van der Waals surface area contributed by atoms with Gasteiger partial charge in [0.2, 0.25) is 5.91 Å². The summed E-state index contributed by atoms with van der Waals surface area (Å²) in [6.07, 6.45) is 5.26. The van der Waals surface area contributed by atoms with E-state index in [0.29, 0.717) is 23.8 Å². The number of amides is 2. The minimum Gasteiger partial charge on any atom is -0.486 e. The average molecular weight is 370 g/mol. The van der Waals surface area contributed by atoms with Gasteiger partial charge in [0.15, 0.2) is 11.5 Å². The third-order valence-electron chi connectivity index (χ3n) is 3.68. The van der Waals surface area contributed by atoms with E-state index < -0.39 is 0 Å². The van der Waals surface area contributed by atoms with Crippen molar-refractivity contribution in [1.82, 2.24) is 10.6 Å². The summed E-state index contributed by atoms with van der Waals surface area (Å²) in [7, 11) is 0. The van der Waals surface area contributed by atoms with Gasteiger partial charge in [-0.1, -0.05) is 5.92 Å². The van der Waals surface area contributed by atoms with Crippen molar-refractivity contribution >= 4 is 23.2 Å². The summed E-state index contributed by atoms with van der Waals surface area (Å²) in [6.45, 7) is 1.53. The standard InChI is InChI=1S/C19H18N2O4S/c1-2-8-20-18(22)7-9-21-19(23)17-6-5-16(26-17)13-3-4-14-15(12-13)25-11-10-24-14/h1,3-6,12H,7-11H2,(H,20,22)(H,21,23). The van der Waals surface area contributed by atoms with Crippen molar-refractivity contribution < 1.29 is 19.1 Å². The third kappa shape index (κ3) is 4.35. The molecule has 2 N–H and O–H groups in total. The van der Waals surface area contributed by atoms with Crippen LogP contribution in [-0.2, 0) is 4.79 Å². The first-order valence-corrected chi connectivity index (χ1v) is 8.97. The van der Waals surface area contributed by atoms with E-state index in [4.69, 9.17) is 15.9 Å². The Hall–Kier alpha value is -2.98. The Labute approximate surface area is 155 Å². The molecule has 1 aliphatic rings. The minimum absolute atomic E-state index is 0.188. The lowest BCUT2D eigenvalue weighted by Gasteiger charge is -2.18. The average Bonchev–Trinajstić information content (AvgIpc) is 3.16. The fourth-order valence-electron chi connectivity index (χ4n) is 2.43. The smallest absolute Gasteiger partial charge is 0.261 e. The Morgan fingerprint density at radius 1 is 1.12 bits per heavy atom. The summed E-state index contributed by atoms with van der Waals surface area (Å²) in [5.41, 5.74) is 0.965. The second kappa shape index (κ2) is 8.41. The summed E-state index contributed by atoms with van der Waals surface area (Å²) in [6, 6.07) is 9.39. The number of rotatable bonds is 6. The largest absolute Gasteiger partial charge is 0.486 e. The van der Waals surface area contributed by atoms with Gasteiger partial charge < -0.3 is 20.1 Å². The van der Waals surface area contributed by atoms with Crippen LogP contribution in [0.5, 0.6) is 11.5 Å². The highest BCUT2D eigenvalue weighted by Gasteiger charge is 2.15. The fraction of sp³-hybridized carbons (Fsp3) is 0.263. The Morgan fingerprint density at radius 3 is 2.73 bits per heavy atom. The van der Waals surface area contributed by atoms with E-state index in [9.17, 15) is 9.59 Å². The first kappa shape index (κ1) is 17.8. The van der Waals surface area contributed by atoms with E-state index in [0.717, 1.165) is 16.2 Å². The zero-order valence-corrected chi connectivity index (χ0v) is 14.9. The van der Waals surface area contributed by atoms with Crippen molar-refractivity contribution in [2.45, 2.75) is 6.42 Å². The Kier molecular flexibility index (Phi) is 5.77. The van der Waals surface area contributed by atoms with Gasteiger partial charge in [-0.2, -0.15) is 0 Å². The summed E-state index contributed by atoms with van der Waals surface area (Å²) in [5, 5.41) is 5.29. The van der Waals surface area contributed by atoms with Crippen LogP contribution in [0.3, 0.4) is 0 Å². The molecule has 2 heterocycles. The fourth-order valence-corrected chi connectivity index (χ4v) is 3.35. The summed E-state index contributed by atoms with van der Waals surface area (Å²) in [5.74, 6) is 3.38. The van der Waals surface area contributed by atoms with Gasteiger partial charge in [-0.3, -0.25) is 9.59 Å². The van der Waals surface area contributed by atoms with E-state index in [2.05, 4.69) is 16.6 Å². The number of terminal acetylenes is 1. The highest BCUT2D eigenvalue weighted by molar-refractivity contribution is 7.17. The van der Waals surface area contributed by atoms with Gasteiger partial charge in [-0.05, 0) is 35.9 Å². The molecule has 0 saturated heterocycles. The Morgan fingerprint density at radius 2 is 1.92 bits per heavy atom. The molecule has 6 nitrogen and oxygen atoms in total. The summed E-state index contributed by atoms with van der Waals surface area (Å²) < 4.78 is 11.1. The van der Waals surface area contributed by atoms with Crippen molar-refractivity contribution in [1.29, 1.82) is 0 Å². The zero-order chi connectivity index (χ0) is 18.4. The number of carbonyl (C=O) groups is 2. The molecule has 0 saturated carbocycles. The molecule has 0 spiro atoms. The third-order valence-corrected chi connectivity index (χ3v) is 4.81. The number of hydrogen-bond acceptors (Lipinski definition) is 5. The van der Waals surface area contributed by atoms with Crippen LogP contribution in [0.1, 0.15) is 16.1 Å². The van der Waals surface area contributed by atoms with E-state index in [1.807, 2.05) is 24.3 Å². The molecule has 1 aliphatic heterocycles. The number of benzene rings is 1. The maximum absolute atomic E-state index is 12.2. The molecule has 0 atom stereocenters. The van der Waals surface area contributed by atoms with Crippen LogP contribution >= 0.6 is 11.3 Å². The van der Waals surface area contributed by atoms with Gasteiger partial charge in [-0.15, -0.1) is 17.8 Å². The molecule has 1 aromatic carbocycles. The van der Waals surface area contributed by atoms with Crippen molar-refractivity contribution in [2.75, 3.05) is 26.3 Å². The Balaban J connectivity index is 1.58. The van der Waals surface area contributed by atoms with Gasteiger partial charge in [0, 0.05) is 17.8 Å². The van der Waals surface area contributed by atoms with E-state index >= 15 is 0 Å². The van der Waals surface area contributed by atoms with Crippen LogP contribution < -0.4 is 20.1 Å².